The number of hydrogen-bond acceptors (Lipinski definition) is 12. The lowest BCUT2D eigenvalue weighted by molar-refractivity contribution is -0.153. The number of nitrogens with zero attached hydrogens (tertiary/aromatic N) is 4. The monoisotopic (exact) mass is 1110 g/mol. The second kappa shape index (κ2) is 20.6. The molecule has 3 spiro atoms. The Bertz CT molecular complexity index is 3620. The van der Waals surface area contributed by atoms with Gasteiger partial charge in [-0.15, -0.1) is 0 Å². The third-order valence-corrected chi connectivity index (χ3v) is 18.5. The Balaban J connectivity index is 0.796. The first-order valence-corrected chi connectivity index (χ1v) is 28.9. The van der Waals surface area contributed by atoms with Crippen LogP contribution in [0.1, 0.15) is 129 Å². The summed E-state index contributed by atoms with van der Waals surface area (Å²) >= 11 is 0. The fraction of sp³-hybridized carbons (Fsp3) is 0.406. The predicted octanol–water partition coefficient (Wildman–Crippen LogP) is 10.9. The Morgan fingerprint density at radius 3 is 1.90 bits per heavy atom. The number of fused-ring (bicyclic) bond motifs is 3. The number of aromatic nitrogens is 4. The third kappa shape index (κ3) is 9.10. The van der Waals surface area contributed by atoms with E-state index < -0.39 is 41.9 Å². The number of carbonyl (C=O) groups is 4. The molecule has 4 atom stereocenters. The summed E-state index contributed by atoms with van der Waals surface area (Å²) in [7, 11) is 2.57. The van der Waals surface area contributed by atoms with E-state index in [2.05, 4.69) is 57.0 Å². The van der Waals surface area contributed by atoms with Crippen LogP contribution in [0.25, 0.3) is 44.5 Å². The number of imidazole rings is 2. The zero-order valence-corrected chi connectivity index (χ0v) is 46.1. The van der Waals surface area contributed by atoms with Crippen LogP contribution in [-0.4, -0.2) is 106 Å². The standard InChI is InChI=1S/C64H66N8O10/c1-77-60(75)69-52(38-14-5-3-6-15-38)58(73)71-29-13-18-50(71)56-65-36-49(68-56)43-22-21-42(45-33-62(34-46(43)45)25-9-10-26-62)44-23-20-41(54-55(44)82-63(81-54)27-11-12-28-63)40-19-24-47-48(32-40)67-57(66-47)51-35-64(79-30-31-80-64)37-72(51)59(74)53(70-61(76)78-2)39-16-7-4-8-17-39/h3-8,14-17,19-24,32,36,50-53H,9-13,18,25-31,33-35,37H2,1-2H3,(H,65,68)(H,66,67)(H,69,75)(H,70,76). The van der Waals surface area contributed by atoms with Gasteiger partial charge in [0.2, 0.25) is 0 Å². The first kappa shape index (κ1) is 51.9. The molecule has 5 fully saturated rings. The van der Waals surface area contributed by atoms with E-state index in [9.17, 15) is 19.2 Å². The van der Waals surface area contributed by atoms with Gasteiger partial charge in [-0.1, -0.05) is 91.7 Å². The van der Waals surface area contributed by atoms with Crippen molar-refractivity contribution in [2.75, 3.05) is 40.5 Å². The van der Waals surface area contributed by atoms with Crippen molar-refractivity contribution in [2.45, 2.75) is 119 Å². The first-order valence-electron chi connectivity index (χ1n) is 28.9. The van der Waals surface area contributed by atoms with Crippen molar-refractivity contribution < 1.29 is 47.6 Å². The number of amides is 4. The number of methoxy groups -OCH3 is 2. The zero-order valence-electron chi connectivity index (χ0n) is 46.1. The second-order valence-electron chi connectivity index (χ2n) is 23.3. The van der Waals surface area contributed by atoms with E-state index in [1.807, 2.05) is 65.7 Å². The van der Waals surface area contributed by atoms with Crippen molar-refractivity contribution in [1.82, 2.24) is 40.4 Å². The minimum absolute atomic E-state index is 0.151. The van der Waals surface area contributed by atoms with Crippen molar-refractivity contribution in [3.05, 3.63) is 143 Å². The summed E-state index contributed by atoms with van der Waals surface area (Å²) in [6, 6.07) is 30.6. The number of hydrogen-bond donors (Lipinski definition) is 4. The average molecular weight is 1110 g/mol. The van der Waals surface area contributed by atoms with E-state index in [0.717, 1.165) is 113 Å². The maximum Gasteiger partial charge on any atom is 0.407 e. The molecular weight excluding hydrogens is 1040 g/mol. The largest absolute Gasteiger partial charge is 0.453 e. The highest BCUT2D eigenvalue weighted by atomic mass is 16.7. The molecule has 7 aromatic rings. The topological polar surface area (TPSA) is 212 Å². The summed E-state index contributed by atoms with van der Waals surface area (Å²) in [5.41, 5.74) is 11.6. The van der Waals surface area contributed by atoms with Gasteiger partial charge in [-0.05, 0) is 114 Å². The molecule has 7 aliphatic rings. The molecule has 18 nitrogen and oxygen atoms in total. The van der Waals surface area contributed by atoms with Crippen LogP contribution in [0, 0.1) is 5.41 Å². The van der Waals surface area contributed by atoms with Crippen LogP contribution in [0.4, 0.5) is 9.59 Å². The molecule has 5 aromatic carbocycles. The lowest BCUT2D eigenvalue weighted by Crippen LogP contribution is -2.44. The molecule has 14 rings (SSSR count). The average Bonchev–Trinajstić information content (AvgIpc) is 4.51. The van der Waals surface area contributed by atoms with Gasteiger partial charge in [-0.3, -0.25) is 9.59 Å². The SMILES string of the molecule is COC(=O)NC(C(=O)N1CCCC1c1ncc(-c2ccc(-c3ccc(-c4ccc5nc(C6CC7(CN6C(=O)C(NC(=O)OC)c6ccccc6)OCCO7)[nH]c5c4)c4c3OC3(CCCC3)O4)c3c2CC2(CCCC2)C3)[nH]1)c1ccccc1. The molecule has 4 amide bonds. The zero-order chi connectivity index (χ0) is 55.7. The Labute approximate surface area is 474 Å². The van der Waals surface area contributed by atoms with E-state index in [1.54, 1.807) is 17.0 Å². The minimum atomic E-state index is -1.03. The third-order valence-electron chi connectivity index (χ3n) is 18.5. The molecule has 3 saturated heterocycles. The number of likely N-dealkylation sites (tertiary alicyclic amines) is 2. The van der Waals surface area contributed by atoms with E-state index in [1.165, 1.54) is 51.0 Å². The number of rotatable bonds is 11. The van der Waals surface area contributed by atoms with Gasteiger partial charge in [0.25, 0.3) is 17.6 Å². The summed E-state index contributed by atoms with van der Waals surface area (Å²) < 4.78 is 36.6. The molecule has 4 N–H and O–H groups in total. The molecule has 2 aromatic heterocycles. The molecule has 4 unspecified atom stereocenters. The van der Waals surface area contributed by atoms with Gasteiger partial charge in [-0.2, -0.15) is 0 Å². The van der Waals surface area contributed by atoms with Crippen molar-refractivity contribution in [2.24, 2.45) is 5.41 Å². The molecule has 6 heterocycles. The van der Waals surface area contributed by atoms with Crippen LogP contribution < -0.4 is 20.1 Å². The first-order chi connectivity index (χ1) is 40.0. The maximum absolute atomic E-state index is 14.7. The van der Waals surface area contributed by atoms with Crippen molar-refractivity contribution in [3.8, 4) is 45.0 Å². The molecule has 4 aliphatic heterocycles. The fourth-order valence-electron chi connectivity index (χ4n) is 14.5. The summed E-state index contributed by atoms with van der Waals surface area (Å²) in [5.74, 6) is 0.461. The number of alkyl carbamates (subject to hydrolysis) is 2. The summed E-state index contributed by atoms with van der Waals surface area (Å²) in [4.78, 5) is 75.3. The predicted molar refractivity (Wildman–Crippen MR) is 302 cm³/mol. The summed E-state index contributed by atoms with van der Waals surface area (Å²) in [5, 5.41) is 5.54. The molecule has 2 saturated carbocycles. The molecule has 422 valence electrons. The highest BCUT2D eigenvalue weighted by Gasteiger charge is 2.53. The highest BCUT2D eigenvalue weighted by molar-refractivity contribution is 5.91. The van der Waals surface area contributed by atoms with Crippen LogP contribution in [0.15, 0.2) is 109 Å². The van der Waals surface area contributed by atoms with Gasteiger partial charge in [0.15, 0.2) is 17.3 Å². The number of ether oxygens (including phenoxy) is 6. The molecule has 18 heteroatoms. The quantitative estimate of drug-likeness (QED) is 0.0953. The van der Waals surface area contributed by atoms with Crippen LogP contribution in [0.5, 0.6) is 11.5 Å². The lowest BCUT2D eigenvalue weighted by Gasteiger charge is -2.28. The van der Waals surface area contributed by atoms with E-state index >= 15 is 0 Å². The van der Waals surface area contributed by atoms with Gasteiger partial charge >= 0.3 is 12.2 Å². The second-order valence-corrected chi connectivity index (χ2v) is 23.3. The molecular formula is C64H66N8O10. The smallest absolute Gasteiger partial charge is 0.407 e. The fourth-order valence-corrected chi connectivity index (χ4v) is 14.5. The minimum Gasteiger partial charge on any atom is -0.453 e. The Hall–Kier alpha value is -8.22. The number of nitrogens with one attached hydrogen (secondary N) is 4. The van der Waals surface area contributed by atoms with Crippen LogP contribution in [0.2, 0.25) is 0 Å². The highest BCUT2D eigenvalue weighted by Crippen LogP contribution is 2.58. The summed E-state index contributed by atoms with van der Waals surface area (Å²) in [6.07, 6.45) is 12.7. The molecule has 3 aliphatic carbocycles. The Morgan fingerprint density at radius 2 is 1.23 bits per heavy atom. The number of H-pyrrole nitrogens is 2. The van der Waals surface area contributed by atoms with Gasteiger partial charge in [-0.25, -0.2) is 19.6 Å². The van der Waals surface area contributed by atoms with Gasteiger partial charge in [0, 0.05) is 42.5 Å². The van der Waals surface area contributed by atoms with E-state index in [4.69, 9.17) is 38.4 Å². The molecule has 0 bridgehead atoms. The number of benzene rings is 5. The normalized spacial score (nSPS) is 21.4. The van der Waals surface area contributed by atoms with Crippen molar-refractivity contribution in [3.63, 3.8) is 0 Å². The van der Waals surface area contributed by atoms with Crippen molar-refractivity contribution in [1.29, 1.82) is 0 Å². The summed E-state index contributed by atoms with van der Waals surface area (Å²) in [6.45, 7) is 1.50. The van der Waals surface area contributed by atoms with Gasteiger partial charge in [0.05, 0.1) is 69.0 Å². The van der Waals surface area contributed by atoms with Crippen LogP contribution in [0.3, 0.4) is 0 Å². The Morgan fingerprint density at radius 1 is 0.634 bits per heavy atom. The Kier molecular flexibility index (Phi) is 13.1. The van der Waals surface area contributed by atoms with E-state index in [-0.39, 0.29) is 29.8 Å². The number of aromatic amines is 2. The van der Waals surface area contributed by atoms with Crippen LogP contribution >= 0.6 is 0 Å². The molecule has 82 heavy (non-hydrogen) atoms. The van der Waals surface area contributed by atoms with Crippen LogP contribution in [-0.2, 0) is 41.4 Å². The molecule has 0 radical (unpaired) electrons. The number of carbonyl (C=O) groups excluding carboxylic acids is 4. The maximum atomic E-state index is 14.7. The van der Waals surface area contributed by atoms with E-state index in [0.29, 0.717) is 43.1 Å². The van der Waals surface area contributed by atoms with Crippen molar-refractivity contribution >= 4 is 35.0 Å². The van der Waals surface area contributed by atoms with Gasteiger partial charge < -0.3 is 58.8 Å². The van der Waals surface area contributed by atoms with Gasteiger partial charge in [0.1, 0.15) is 23.7 Å². The lowest BCUT2D eigenvalue weighted by atomic mass is 9.82.